The fourth-order valence-electron chi connectivity index (χ4n) is 1.61. The molecule has 0 saturated heterocycles. The number of rotatable bonds is 11. The average Bonchev–Trinajstić information content (AvgIpc) is 2.23. The third kappa shape index (κ3) is 13.8. The standard InChI is InChI=1S/C14H32N2O/c1-12(2)15-9-6-8-14(5)17-11-7-10-16-13(3)4/h12-16H,6-11H2,1-5H3. The molecule has 0 fully saturated rings. The molecule has 0 amide bonds. The molecule has 1 unspecified atom stereocenters. The van der Waals surface area contributed by atoms with Gasteiger partial charge in [0.15, 0.2) is 0 Å². The smallest absolute Gasteiger partial charge is 0.0547 e. The second-order valence-electron chi connectivity index (χ2n) is 5.39. The van der Waals surface area contributed by atoms with Gasteiger partial charge in [0.25, 0.3) is 0 Å². The Hall–Kier alpha value is -0.120. The Morgan fingerprint density at radius 1 is 0.824 bits per heavy atom. The van der Waals surface area contributed by atoms with E-state index in [1.165, 1.54) is 6.42 Å². The quantitative estimate of drug-likeness (QED) is 0.548. The minimum atomic E-state index is 0.392. The summed E-state index contributed by atoms with van der Waals surface area (Å²) in [5, 5.41) is 6.82. The zero-order chi connectivity index (χ0) is 13.1. The van der Waals surface area contributed by atoms with Crippen LogP contribution < -0.4 is 10.6 Å². The van der Waals surface area contributed by atoms with Gasteiger partial charge in [0, 0.05) is 18.7 Å². The fourth-order valence-corrected chi connectivity index (χ4v) is 1.61. The molecule has 3 heteroatoms. The summed E-state index contributed by atoms with van der Waals surface area (Å²) < 4.78 is 5.76. The van der Waals surface area contributed by atoms with Crippen molar-refractivity contribution in [1.82, 2.24) is 10.6 Å². The molecule has 0 aliphatic rings. The van der Waals surface area contributed by atoms with Crippen molar-refractivity contribution >= 4 is 0 Å². The van der Waals surface area contributed by atoms with Gasteiger partial charge in [-0.05, 0) is 39.3 Å². The van der Waals surface area contributed by atoms with Crippen molar-refractivity contribution in [2.45, 2.75) is 72.1 Å². The molecule has 0 aromatic carbocycles. The maximum Gasteiger partial charge on any atom is 0.0547 e. The summed E-state index contributed by atoms with van der Waals surface area (Å²) in [6.07, 6.45) is 3.84. The van der Waals surface area contributed by atoms with Crippen molar-refractivity contribution in [1.29, 1.82) is 0 Å². The van der Waals surface area contributed by atoms with Gasteiger partial charge in [-0.15, -0.1) is 0 Å². The van der Waals surface area contributed by atoms with Crippen LogP contribution in [0.5, 0.6) is 0 Å². The zero-order valence-electron chi connectivity index (χ0n) is 12.4. The summed E-state index contributed by atoms with van der Waals surface area (Å²) in [4.78, 5) is 0. The van der Waals surface area contributed by atoms with Crippen LogP contribution in [0.15, 0.2) is 0 Å². The molecule has 0 aliphatic heterocycles. The summed E-state index contributed by atoms with van der Waals surface area (Å²) in [5.74, 6) is 0. The molecule has 0 aromatic rings. The van der Waals surface area contributed by atoms with Gasteiger partial charge in [0.1, 0.15) is 0 Å². The second kappa shape index (κ2) is 11.0. The van der Waals surface area contributed by atoms with Crippen LogP contribution in [0.1, 0.15) is 53.9 Å². The first-order chi connectivity index (χ1) is 8.02. The highest BCUT2D eigenvalue weighted by Gasteiger charge is 2.02. The maximum absolute atomic E-state index is 5.76. The van der Waals surface area contributed by atoms with E-state index in [9.17, 15) is 0 Å². The molecule has 104 valence electrons. The summed E-state index contributed by atoms with van der Waals surface area (Å²) >= 11 is 0. The third-order valence-electron chi connectivity index (χ3n) is 2.62. The minimum absolute atomic E-state index is 0.392. The van der Waals surface area contributed by atoms with Gasteiger partial charge in [-0.3, -0.25) is 0 Å². The van der Waals surface area contributed by atoms with Crippen molar-refractivity contribution in [3.05, 3.63) is 0 Å². The predicted molar refractivity (Wildman–Crippen MR) is 75.5 cm³/mol. The highest BCUT2D eigenvalue weighted by Crippen LogP contribution is 2.01. The molecule has 1 atom stereocenters. The van der Waals surface area contributed by atoms with Crippen molar-refractivity contribution < 1.29 is 4.74 Å². The van der Waals surface area contributed by atoms with Crippen molar-refractivity contribution in [2.24, 2.45) is 0 Å². The highest BCUT2D eigenvalue weighted by atomic mass is 16.5. The number of hydrogen-bond acceptors (Lipinski definition) is 3. The Kier molecular flexibility index (Phi) is 10.9. The second-order valence-corrected chi connectivity index (χ2v) is 5.39. The van der Waals surface area contributed by atoms with Crippen LogP contribution in [-0.4, -0.2) is 37.9 Å². The monoisotopic (exact) mass is 244 g/mol. The van der Waals surface area contributed by atoms with E-state index in [4.69, 9.17) is 4.74 Å². The first kappa shape index (κ1) is 16.9. The average molecular weight is 244 g/mol. The molecular weight excluding hydrogens is 212 g/mol. The topological polar surface area (TPSA) is 33.3 Å². The van der Waals surface area contributed by atoms with E-state index in [1.807, 2.05) is 0 Å². The molecule has 0 spiro atoms. The summed E-state index contributed by atoms with van der Waals surface area (Å²) in [6.45, 7) is 13.9. The van der Waals surface area contributed by atoms with E-state index in [-0.39, 0.29) is 0 Å². The Labute approximate surface area is 108 Å². The van der Waals surface area contributed by atoms with Crippen molar-refractivity contribution in [2.75, 3.05) is 19.7 Å². The van der Waals surface area contributed by atoms with Crippen LogP contribution in [0.25, 0.3) is 0 Å². The van der Waals surface area contributed by atoms with Gasteiger partial charge < -0.3 is 15.4 Å². The lowest BCUT2D eigenvalue weighted by atomic mass is 10.2. The van der Waals surface area contributed by atoms with E-state index < -0.39 is 0 Å². The van der Waals surface area contributed by atoms with Crippen LogP contribution in [-0.2, 0) is 4.74 Å². The lowest BCUT2D eigenvalue weighted by Crippen LogP contribution is -2.26. The third-order valence-corrected chi connectivity index (χ3v) is 2.62. The van der Waals surface area contributed by atoms with Gasteiger partial charge in [0.05, 0.1) is 6.10 Å². The molecule has 0 saturated carbocycles. The molecule has 3 nitrogen and oxygen atoms in total. The van der Waals surface area contributed by atoms with Gasteiger partial charge in [-0.25, -0.2) is 0 Å². The predicted octanol–water partition coefficient (Wildman–Crippen LogP) is 2.56. The van der Waals surface area contributed by atoms with Gasteiger partial charge in [0.2, 0.25) is 0 Å². The molecule has 0 bridgehead atoms. The number of hydrogen-bond donors (Lipinski definition) is 2. The molecule has 0 heterocycles. The Morgan fingerprint density at radius 3 is 1.88 bits per heavy atom. The fraction of sp³-hybridized carbons (Fsp3) is 1.00. The number of nitrogens with one attached hydrogen (secondary N) is 2. The molecule has 17 heavy (non-hydrogen) atoms. The van der Waals surface area contributed by atoms with E-state index in [1.54, 1.807) is 0 Å². The minimum Gasteiger partial charge on any atom is -0.378 e. The molecule has 2 N–H and O–H groups in total. The van der Waals surface area contributed by atoms with Crippen LogP contribution in [0.3, 0.4) is 0 Å². The van der Waals surface area contributed by atoms with Crippen LogP contribution in [0, 0.1) is 0 Å². The van der Waals surface area contributed by atoms with Crippen LogP contribution in [0.4, 0.5) is 0 Å². The molecule has 0 rings (SSSR count). The summed E-state index contributed by atoms with van der Waals surface area (Å²) in [5.41, 5.74) is 0. The summed E-state index contributed by atoms with van der Waals surface area (Å²) in [6, 6.07) is 1.17. The van der Waals surface area contributed by atoms with Crippen molar-refractivity contribution in [3.63, 3.8) is 0 Å². The van der Waals surface area contributed by atoms with Gasteiger partial charge in [-0.2, -0.15) is 0 Å². The SMILES string of the molecule is CC(C)NCCCOC(C)CCCNC(C)C. The first-order valence-corrected chi connectivity index (χ1v) is 7.10. The van der Waals surface area contributed by atoms with Gasteiger partial charge >= 0.3 is 0 Å². The van der Waals surface area contributed by atoms with E-state index >= 15 is 0 Å². The summed E-state index contributed by atoms with van der Waals surface area (Å²) in [7, 11) is 0. The van der Waals surface area contributed by atoms with Gasteiger partial charge in [-0.1, -0.05) is 27.7 Å². The normalized spacial score (nSPS) is 13.6. The Balaban J connectivity index is 3.20. The maximum atomic E-state index is 5.76. The largest absolute Gasteiger partial charge is 0.378 e. The van der Waals surface area contributed by atoms with E-state index in [2.05, 4.69) is 45.3 Å². The van der Waals surface area contributed by atoms with Crippen molar-refractivity contribution in [3.8, 4) is 0 Å². The molecule has 0 aromatic heterocycles. The molecule has 0 aliphatic carbocycles. The first-order valence-electron chi connectivity index (χ1n) is 7.10. The number of ether oxygens (including phenoxy) is 1. The van der Waals surface area contributed by atoms with E-state index in [0.717, 1.165) is 32.5 Å². The lowest BCUT2D eigenvalue weighted by molar-refractivity contribution is 0.0572. The molecule has 0 radical (unpaired) electrons. The lowest BCUT2D eigenvalue weighted by Gasteiger charge is -2.14. The molecular formula is C14H32N2O. The zero-order valence-corrected chi connectivity index (χ0v) is 12.4. The Bertz CT molecular complexity index is 160. The van der Waals surface area contributed by atoms with Crippen LogP contribution >= 0.6 is 0 Å². The van der Waals surface area contributed by atoms with Crippen LogP contribution in [0.2, 0.25) is 0 Å². The van der Waals surface area contributed by atoms with E-state index in [0.29, 0.717) is 18.2 Å². The Morgan fingerprint density at radius 2 is 1.35 bits per heavy atom. The highest BCUT2D eigenvalue weighted by molar-refractivity contribution is 4.57.